The lowest BCUT2D eigenvalue weighted by Crippen LogP contribution is -2.57. The van der Waals surface area contributed by atoms with Crippen LogP contribution in [0.3, 0.4) is 0 Å². The van der Waals surface area contributed by atoms with E-state index in [2.05, 4.69) is 44.1 Å². The number of carbonyl (C=O) groups excluding carboxylic acids is 10. The van der Waals surface area contributed by atoms with Crippen LogP contribution in [-0.4, -0.2) is 166 Å². The van der Waals surface area contributed by atoms with Gasteiger partial charge in [0.1, 0.15) is 17.9 Å². The Bertz CT molecular complexity index is 2500. The quantitative estimate of drug-likeness (QED) is 0.0253. The SMILES string of the molecule is CCCCCCCCCCCCCC(=O)N[C@@H](C(=O)N[C@H](C(=O)C[C@@H](Cc1ccccc1)C(=O)N[C@@H](CCCNC(=N)N)C(=O)C[C@@H](CO)C(=O)N[C@@H](CO)C(=O)C[C@@H](CCCNC(=N)N)C(=O)N[C@@H](CCC(=O)O)C(=O)C[C@@H](CCCCN)C(C)=O)C(C)C)[C@@H](C)O. The lowest BCUT2D eigenvalue weighted by molar-refractivity contribution is -0.139. The Morgan fingerprint density at radius 3 is 1.47 bits per heavy atom. The summed E-state index contributed by atoms with van der Waals surface area (Å²) in [5.41, 5.74) is 17.2. The zero-order valence-corrected chi connectivity index (χ0v) is 55.7. The zero-order valence-electron chi connectivity index (χ0n) is 55.7. The van der Waals surface area contributed by atoms with Gasteiger partial charge >= 0.3 is 5.97 Å². The molecule has 0 heterocycles. The van der Waals surface area contributed by atoms with Gasteiger partial charge in [-0.25, -0.2) is 0 Å². The first kappa shape index (κ1) is 83.8. The maximum atomic E-state index is 14.6. The number of carbonyl (C=O) groups is 11. The largest absolute Gasteiger partial charge is 0.481 e. The van der Waals surface area contributed by atoms with Crippen LogP contribution in [0.1, 0.15) is 201 Å². The molecule has 0 saturated heterocycles. The molecule has 1 aromatic carbocycles. The van der Waals surface area contributed by atoms with Crippen molar-refractivity contribution >= 4 is 76.3 Å². The van der Waals surface area contributed by atoms with Crippen LogP contribution in [0.25, 0.3) is 0 Å². The van der Waals surface area contributed by atoms with E-state index < -0.39 is 163 Å². The number of unbranched alkanes of at least 4 members (excludes halogenated alkanes) is 11. The van der Waals surface area contributed by atoms with E-state index in [0.29, 0.717) is 37.8 Å². The van der Waals surface area contributed by atoms with Crippen LogP contribution in [0, 0.1) is 40.4 Å². The predicted molar refractivity (Wildman–Crippen MR) is 353 cm³/mol. The van der Waals surface area contributed by atoms with Crippen LogP contribution < -0.4 is 54.4 Å². The number of carboxylic acids is 1. The molecule has 0 radical (unpaired) electrons. The standard InChI is InChI=1S/C66H112N12O15/c1-6-7-8-9-10-11-12-13-14-15-19-29-57(87)77-60(44(5)82)64(93)78-59(42(2)3)56(86)38-48(35-45-24-17-16-18-25-45)62(91)74-50(28-23-34-73-66(70)71)54(84)39-49(40-79)63(92)76-52(41-80)55(85)37-47(27-22-33-72-65(68)69)61(90)75-51(30-31-58(88)89)53(83)36-46(43(4)81)26-20-21-32-67/h16-18,24-25,42,44,46-52,59-60,79-80,82H,6-15,19-23,26-41,67H2,1-5H3,(H,74,91)(H,75,90)(H,76,92)(H,77,87)(H,78,93)(H,88,89)(H4,68,69,72)(H4,70,71,73)/t44-,46-,47-,48-,49+,50+,51+,52+,59+,60-/m1/s1. The molecule has 1 aromatic rings. The van der Waals surface area contributed by atoms with Crippen molar-refractivity contribution in [3.05, 3.63) is 35.9 Å². The molecule has 1 rings (SSSR count). The van der Waals surface area contributed by atoms with E-state index in [1.807, 2.05) is 0 Å². The van der Waals surface area contributed by atoms with Gasteiger partial charge in [-0.05, 0) is 89.7 Å². The van der Waals surface area contributed by atoms with Crippen LogP contribution in [0.5, 0.6) is 0 Å². The minimum Gasteiger partial charge on any atom is -0.481 e. The average Bonchev–Trinajstić information content (AvgIpc) is 0.970. The Labute approximate surface area is 549 Å². The van der Waals surface area contributed by atoms with Gasteiger partial charge in [-0.3, -0.25) is 63.6 Å². The highest BCUT2D eigenvalue weighted by molar-refractivity contribution is 5.99. The molecule has 0 aliphatic heterocycles. The number of ketones is 5. The van der Waals surface area contributed by atoms with Gasteiger partial charge in [-0.2, -0.15) is 0 Å². The molecule has 0 aliphatic carbocycles. The summed E-state index contributed by atoms with van der Waals surface area (Å²) in [6.45, 7) is 6.72. The maximum absolute atomic E-state index is 14.6. The summed E-state index contributed by atoms with van der Waals surface area (Å²) in [5.74, 6) is -14.4. The molecule has 0 fully saturated rings. The molecule has 0 saturated carbocycles. The fourth-order valence-corrected chi connectivity index (χ4v) is 10.8. The van der Waals surface area contributed by atoms with Crippen molar-refractivity contribution in [1.29, 1.82) is 10.8 Å². The van der Waals surface area contributed by atoms with E-state index in [4.69, 9.17) is 28.0 Å². The molecular formula is C66H112N12O15. The Morgan fingerprint density at radius 1 is 0.495 bits per heavy atom. The first-order chi connectivity index (χ1) is 44.2. The zero-order chi connectivity index (χ0) is 69.8. The number of carboxylic acid groups (broad SMARTS) is 1. The van der Waals surface area contributed by atoms with Gasteiger partial charge in [0, 0.05) is 69.4 Å². The fourth-order valence-electron chi connectivity index (χ4n) is 10.8. The molecule has 0 aliphatic rings. The lowest BCUT2D eigenvalue weighted by Gasteiger charge is -2.28. The van der Waals surface area contributed by atoms with E-state index in [1.165, 1.54) is 52.4 Å². The van der Waals surface area contributed by atoms with Crippen molar-refractivity contribution in [3.8, 4) is 0 Å². The highest BCUT2D eigenvalue weighted by Crippen LogP contribution is 2.22. The molecule has 19 N–H and O–H groups in total. The average molecular weight is 1310 g/mol. The number of hydrogen-bond donors (Lipinski definition) is 16. The number of benzene rings is 1. The third kappa shape index (κ3) is 36.7. The van der Waals surface area contributed by atoms with Gasteiger partial charge in [0.25, 0.3) is 0 Å². The normalized spacial score (nSPS) is 14.5. The number of aliphatic hydroxyl groups is 3. The predicted octanol–water partition coefficient (Wildman–Crippen LogP) is 2.79. The van der Waals surface area contributed by atoms with E-state index in [9.17, 15) is 73.2 Å². The molecule has 0 bridgehead atoms. The summed E-state index contributed by atoms with van der Waals surface area (Å²) < 4.78 is 0. The molecular weight excluding hydrogens is 1200 g/mol. The summed E-state index contributed by atoms with van der Waals surface area (Å²) in [4.78, 5) is 150. The number of hydrogen-bond acceptors (Lipinski definition) is 17. The molecule has 27 nitrogen and oxygen atoms in total. The van der Waals surface area contributed by atoms with Gasteiger partial charge in [0.05, 0.1) is 43.4 Å². The van der Waals surface area contributed by atoms with Crippen molar-refractivity contribution < 1.29 is 73.2 Å². The molecule has 27 heteroatoms. The lowest BCUT2D eigenvalue weighted by atomic mass is 9.87. The minimum absolute atomic E-state index is 0.0214. The number of Topliss-reactive ketones (excluding diaryl/α,β-unsaturated/α-hetero) is 5. The first-order valence-electron chi connectivity index (χ1n) is 33.3. The summed E-state index contributed by atoms with van der Waals surface area (Å²) in [7, 11) is 0. The van der Waals surface area contributed by atoms with Crippen molar-refractivity contribution in [1.82, 2.24) is 37.2 Å². The third-order valence-electron chi connectivity index (χ3n) is 16.4. The second kappa shape index (κ2) is 48.5. The molecule has 0 unspecified atom stereocenters. The van der Waals surface area contributed by atoms with Gasteiger partial charge < -0.3 is 74.8 Å². The second-order valence-corrected chi connectivity index (χ2v) is 24.8. The number of aliphatic carboxylic acids is 1. The van der Waals surface area contributed by atoms with E-state index in [-0.39, 0.29) is 82.2 Å². The fraction of sp³-hybridized carbons (Fsp3) is 0.712. The molecule has 5 amide bonds. The Hall–Kier alpha value is -7.23. The van der Waals surface area contributed by atoms with Gasteiger partial charge in [-0.15, -0.1) is 0 Å². The first-order valence-corrected chi connectivity index (χ1v) is 33.3. The van der Waals surface area contributed by atoms with Crippen molar-refractivity contribution in [2.45, 2.75) is 238 Å². The monoisotopic (exact) mass is 1310 g/mol. The molecule has 0 spiro atoms. The third-order valence-corrected chi connectivity index (χ3v) is 16.4. The van der Waals surface area contributed by atoms with Gasteiger partial charge in [-0.1, -0.05) is 122 Å². The van der Waals surface area contributed by atoms with E-state index in [0.717, 1.165) is 25.7 Å². The Balaban J connectivity index is 3.43. The Kier molecular flexibility index (Phi) is 43.7. The summed E-state index contributed by atoms with van der Waals surface area (Å²) >= 11 is 0. The topological polar surface area (TPSA) is 479 Å². The van der Waals surface area contributed by atoms with Crippen LogP contribution in [-0.2, 0) is 59.2 Å². The van der Waals surface area contributed by atoms with Crippen LogP contribution in [0.15, 0.2) is 30.3 Å². The van der Waals surface area contributed by atoms with Crippen LogP contribution in [0.2, 0.25) is 0 Å². The Morgan fingerprint density at radius 2 is 0.968 bits per heavy atom. The highest BCUT2D eigenvalue weighted by atomic mass is 16.4. The van der Waals surface area contributed by atoms with E-state index in [1.54, 1.807) is 44.2 Å². The smallest absolute Gasteiger partial charge is 0.303 e. The number of nitrogens with one attached hydrogen (secondary N) is 9. The molecule has 10 atom stereocenters. The summed E-state index contributed by atoms with van der Waals surface area (Å²) in [6, 6.07) is 1.60. The highest BCUT2D eigenvalue weighted by Gasteiger charge is 2.37. The van der Waals surface area contributed by atoms with Crippen LogP contribution in [0.4, 0.5) is 0 Å². The summed E-state index contributed by atoms with van der Waals surface area (Å²) in [5, 5.41) is 74.5. The van der Waals surface area contributed by atoms with Crippen LogP contribution >= 0.6 is 0 Å². The van der Waals surface area contributed by atoms with Crippen molar-refractivity contribution in [3.63, 3.8) is 0 Å². The van der Waals surface area contributed by atoms with Gasteiger partial charge in [0.2, 0.25) is 29.5 Å². The number of rotatable bonds is 55. The van der Waals surface area contributed by atoms with Gasteiger partial charge in [0.15, 0.2) is 35.1 Å². The summed E-state index contributed by atoms with van der Waals surface area (Å²) in [6.07, 6.45) is 9.24. The molecule has 526 valence electrons. The minimum atomic E-state index is -1.72. The number of guanidine groups is 2. The van der Waals surface area contributed by atoms with Crippen molar-refractivity contribution in [2.24, 2.45) is 46.8 Å². The number of nitrogens with two attached hydrogens (primary N) is 3. The number of aliphatic hydroxyl groups excluding tert-OH is 3. The maximum Gasteiger partial charge on any atom is 0.303 e. The van der Waals surface area contributed by atoms with Crippen molar-refractivity contribution in [2.75, 3.05) is 32.8 Å². The van der Waals surface area contributed by atoms with E-state index >= 15 is 0 Å². The number of amides is 5. The second-order valence-electron chi connectivity index (χ2n) is 24.8. The molecule has 93 heavy (non-hydrogen) atoms. The molecule has 0 aromatic heterocycles.